The van der Waals surface area contributed by atoms with E-state index in [4.69, 9.17) is 5.26 Å². The maximum absolute atomic E-state index is 14.0. The Bertz CT molecular complexity index is 1190. The van der Waals surface area contributed by atoms with Gasteiger partial charge in [0.1, 0.15) is 11.7 Å². The van der Waals surface area contributed by atoms with E-state index in [2.05, 4.69) is 20.7 Å². The van der Waals surface area contributed by atoms with E-state index in [1.165, 1.54) is 12.4 Å². The number of rotatable bonds is 7. The molecule has 0 aliphatic rings. The van der Waals surface area contributed by atoms with Crippen molar-refractivity contribution < 1.29 is 18.7 Å². The smallest absolute Gasteiger partial charge is 0.292 e. The van der Waals surface area contributed by atoms with Crippen molar-refractivity contribution in [3.05, 3.63) is 47.8 Å². The van der Waals surface area contributed by atoms with Crippen LogP contribution in [0.5, 0.6) is 0 Å². The molecule has 3 rings (SSSR count). The molecule has 32 heavy (non-hydrogen) atoms. The number of halogens is 2. The number of anilines is 1. The quantitative estimate of drug-likeness (QED) is 0.518. The van der Waals surface area contributed by atoms with E-state index < -0.39 is 24.0 Å². The highest BCUT2D eigenvalue weighted by Crippen LogP contribution is 2.28. The van der Waals surface area contributed by atoms with Crippen molar-refractivity contribution in [2.75, 3.05) is 11.9 Å². The van der Waals surface area contributed by atoms with Gasteiger partial charge in [-0.3, -0.25) is 9.78 Å². The third kappa shape index (κ3) is 4.68. The molecular weight excluding hydrogens is 418 g/mol. The molecular formula is C22H24F2N6O2. The molecule has 0 aromatic carbocycles. The molecule has 0 bridgehead atoms. The normalized spacial score (nSPS) is 12.1. The van der Waals surface area contributed by atoms with E-state index in [-0.39, 0.29) is 11.6 Å². The van der Waals surface area contributed by atoms with Gasteiger partial charge in [0.15, 0.2) is 0 Å². The summed E-state index contributed by atoms with van der Waals surface area (Å²) in [5.74, 6) is -4.26. The van der Waals surface area contributed by atoms with Gasteiger partial charge in [-0.15, -0.1) is 0 Å². The number of hydrogen-bond acceptors (Lipinski definition) is 6. The van der Waals surface area contributed by atoms with Crippen LogP contribution in [0.4, 0.5) is 14.5 Å². The van der Waals surface area contributed by atoms with Crippen LogP contribution in [-0.2, 0) is 0 Å². The summed E-state index contributed by atoms with van der Waals surface area (Å²) in [6.45, 7) is 4.70. The topological polar surface area (TPSA) is 115 Å². The largest absolute Gasteiger partial charge is 0.384 e. The number of nitrogens with one attached hydrogen (secondary N) is 2. The summed E-state index contributed by atoms with van der Waals surface area (Å²) < 4.78 is 29.7. The summed E-state index contributed by atoms with van der Waals surface area (Å²) in [7, 11) is 0. The SMILES string of the molecule is CC(C)Nc1cc(-c2ccc3cc(C#N)cnn23)ncc1C(=O)NCC(F)(F)C(C)(C)O. The molecule has 3 aromatic heterocycles. The van der Waals surface area contributed by atoms with Crippen molar-refractivity contribution in [1.29, 1.82) is 5.26 Å². The van der Waals surface area contributed by atoms with Gasteiger partial charge in [-0.25, -0.2) is 13.3 Å². The molecule has 0 radical (unpaired) electrons. The van der Waals surface area contributed by atoms with Crippen molar-refractivity contribution in [2.45, 2.75) is 45.3 Å². The molecule has 3 heterocycles. The number of aromatic nitrogens is 3. The second-order valence-electron chi connectivity index (χ2n) is 8.27. The van der Waals surface area contributed by atoms with Crippen molar-refractivity contribution in [1.82, 2.24) is 19.9 Å². The maximum atomic E-state index is 14.0. The maximum Gasteiger partial charge on any atom is 0.292 e. The molecule has 0 spiro atoms. The molecule has 3 aromatic rings. The minimum absolute atomic E-state index is 0.0463. The lowest BCUT2D eigenvalue weighted by Crippen LogP contribution is -2.50. The predicted octanol–water partition coefficient (Wildman–Crippen LogP) is 3.22. The van der Waals surface area contributed by atoms with Crippen molar-refractivity contribution >= 4 is 17.1 Å². The first-order chi connectivity index (χ1) is 14.9. The second kappa shape index (κ2) is 8.51. The highest BCUT2D eigenvalue weighted by atomic mass is 19.3. The minimum atomic E-state index is -3.51. The second-order valence-corrected chi connectivity index (χ2v) is 8.27. The summed E-state index contributed by atoms with van der Waals surface area (Å²) in [5.41, 5.74) is 0.491. The van der Waals surface area contributed by atoms with Crippen LogP contribution in [-0.4, -0.2) is 49.7 Å². The monoisotopic (exact) mass is 442 g/mol. The van der Waals surface area contributed by atoms with Crippen LogP contribution >= 0.6 is 0 Å². The zero-order valence-corrected chi connectivity index (χ0v) is 18.1. The lowest BCUT2D eigenvalue weighted by Gasteiger charge is -2.29. The first-order valence-corrected chi connectivity index (χ1v) is 9.96. The Morgan fingerprint density at radius 2 is 2.00 bits per heavy atom. The minimum Gasteiger partial charge on any atom is -0.384 e. The molecule has 8 nitrogen and oxygen atoms in total. The molecule has 3 N–H and O–H groups in total. The van der Waals surface area contributed by atoms with E-state index in [0.29, 0.717) is 28.2 Å². The molecule has 0 atom stereocenters. The number of nitriles is 1. The average Bonchev–Trinajstić information content (AvgIpc) is 3.13. The standard InChI is InChI=1S/C22H24F2N6O2/c1-13(2)29-17-8-18(19-6-5-15-7-14(9-25)10-28-30(15)19)26-11-16(17)20(31)27-12-22(23,24)21(3,4)32/h5-8,10-11,13,32H,12H2,1-4H3,(H,26,29)(H,27,31). The molecule has 0 unspecified atom stereocenters. The van der Waals surface area contributed by atoms with Crippen molar-refractivity contribution in [2.24, 2.45) is 0 Å². The van der Waals surface area contributed by atoms with Crippen LogP contribution in [0.2, 0.25) is 0 Å². The van der Waals surface area contributed by atoms with E-state index >= 15 is 0 Å². The number of amides is 1. The molecule has 1 amide bonds. The Labute approximate surface area is 183 Å². The molecule has 168 valence electrons. The summed E-state index contributed by atoms with van der Waals surface area (Å²) in [5, 5.41) is 28.2. The molecule has 0 aliphatic heterocycles. The third-order valence-corrected chi connectivity index (χ3v) is 4.85. The van der Waals surface area contributed by atoms with Gasteiger partial charge < -0.3 is 15.7 Å². The summed E-state index contributed by atoms with van der Waals surface area (Å²) in [4.78, 5) is 17.0. The summed E-state index contributed by atoms with van der Waals surface area (Å²) >= 11 is 0. The first kappa shape index (κ1) is 23.1. The lowest BCUT2D eigenvalue weighted by atomic mass is 10.0. The van der Waals surface area contributed by atoms with E-state index in [0.717, 1.165) is 13.8 Å². The summed E-state index contributed by atoms with van der Waals surface area (Å²) in [6.07, 6.45) is 2.75. The Morgan fingerprint density at radius 3 is 2.62 bits per heavy atom. The predicted molar refractivity (Wildman–Crippen MR) is 115 cm³/mol. The third-order valence-electron chi connectivity index (χ3n) is 4.85. The number of nitrogens with zero attached hydrogens (tertiary/aromatic N) is 4. The Kier molecular flexibility index (Phi) is 6.14. The van der Waals surface area contributed by atoms with Crippen LogP contribution in [0.15, 0.2) is 36.7 Å². The number of carbonyl (C=O) groups excluding carboxylic acids is 1. The number of aliphatic hydroxyl groups is 1. The van der Waals surface area contributed by atoms with Gasteiger partial charge in [-0.05, 0) is 52.0 Å². The fraction of sp³-hybridized carbons (Fsp3) is 0.364. The highest BCUT2D eigenvalue weighted by Gasteiger charge is 2.45. The zero-order valence-electron chi connectivity index (χ0n) is 18.1. The van der Waals surface area contributed by atoms with Gasteiger partial charge in [-0.1, -0.05) is 0 Å². The van der Waals surface area contributed by atoms with Gasteiger partial charge in [-0.2, -0.15) is 10.4 Å². The van der Waals surface area contributed by atoms with Crippen LogP contribution in [0, 0.1) is 11.3 Å². The van der Waals surface area contributed by atoms with Gasteiger partial charge in [0.2, 0.25) is 0 Å². The van der Waals surface area contributed by atoms with E-state index in [1.54, 1.807) is 28.8 Å². The average molecular weight is 442 g/mol. The Morgan fingerprint density at radius 1 is 1.28 bits per heavy atom. The molecule has 0 fully saturated rings. The van der Waals surface area contributed by atoms with Crippen LogP contribution in [0.25, 0.3) is 16.9 Å². The zero-order chi connectivity index (χ0) is 23.7. The van der Waals surface area contributed by atoms with E-state index in [1.807, 2.05) is 19.9 Å². The van der Waals surface area contributed by atoms with Crippen LogP contribution < -0.4 is 10.6 Å². The first-order valence-electron chi connectivity index (χ1n) is 9.96. The van der Waals surface area contributed by atoms with E-state index in [9.17, 15) is 18.7 Å². The Balaban J connectivity index is 1.95. The number of alkyl halides is 2. The summed E-state index contributed by atoms with van der Waals surface area (Å²) in [6, 6.07) is 8.90. The molecule has 0 saturated carbocycles. The number of carbonyl (C=O) groups is 1. The van der Waals surface area contributed by atoms with Crippen LogP contribution in [0.1, 0.15) is 43.6 Å². The number of fused-ring (bicyclic) bond motifs is 1. The molecule has 0 saturated heterocycles. The van der Waals surface area contributed by atoms with Gasteiger partial charge in [0, 0.05) is 12.2 Å². The number of hydrogen-bond donors (Lipinski definition) is 3. The van der Waals surface area contributed by atoms with Gasteiger partial charge >= 0.3 is 0 Å². The number of pyridine rings is 1. The van der Waals surface area contributed by atoms with Gasteiger partial charge in [0.05, 0.1) is 46.5 Å². The lowest BCUT2D eigenvalue weighted by molar-refractivity contribution is -0.156. The van der Waals surface area contributed by atoms with Crippen molar-refractivity contribution in [3.8, 4) is 17.5 Å². The molecule has 0 aliphatic carbocycles. The van der Waals surface area contributed by atoms with Crippen molar-refractivity contribution in [3.63, 3.8) is 0 Å². The Hall–Kier alpha value is -3.58. The fourth-order valence-electron chi connectivity index (χ4n) is 2.96. The fourth-order valence-corrected chi connectivity index (χ4v) is 2.96. The molecule has 10 heteroatoms. The highest BCUT2D eigenvalue weighted by molar-refractivity contribution is 6.00. The van der Waals surface area contributed by atoms with Gasteiger partial charge in [0.25, 0.3) is 11.8 Å². The van der Waals surface area contributed by atoms with Crippen LogP contribution in [0.3, 0.4) is 0 Å².